The third-order valence-electron chi connectivity index (χ3n) is 3.69. The number of amides is 1. The molecule has 3 nitrogen and oxygen atoms in total. The highest BCUT2D eigenvalue weighted by molar-refractivity contribution is 6.18. The van der Waals surface area contributed by atoms with Crippen LogP contribution in [0.5, 0.6) is 5.75 Å². The molecule has 19 heavy (non-hydrogen) atoms. The third kappa shape index (κ3) is 3.41. The monoisotopic (exact) mass is 281 g/mol. The Morgan fingerprint density at radius 1 is 1.32 bits per heavy atom. The average Bonchev–Trinajstić information content (AvgIpc) is 2.98. The van der Waals surface area contributed by atoms with Gasteiger partial charge in [0.1, 0.15) is 5.75 Å². The van der Waals surface area contributed by atoms with Crippen molar-refractivity contribution in [3.05, 3.63) is 29.8 Å². The molecule has 1 saturated carbocycles. The summed E-state index contributed by atoms with van der Waals surface area (Å²) in [7, 11) is 1.62. The molecule has 1 amide bonds. The van der Waals surface area contributed by atoms with E-state index in [4.69, 9.17) is 16.3 Å². The van der Waals surface area contributed by atoms with E-state index in [1.807, 2.05) is 29.2 Å². The first kappa shape index (κ1) is 14.2. The van der Waals surface area contributed by atoms with E-state index in [1.165, 1.54) is 12.8 Å². The van der Waals surface area contributed by atoms with E-state index in [1.54, 1.807) is 7.11 Å². The molecule has 2 rings (SSSR count). The lowest BCUT2D eigenvalue weighted by atomic mass is 10.1. The van der Waals surface area contributed by atoms with Gasteiger partial charge in [0.05, 0.1) is 7.11 Å². The normalized spacial score (nSPS) is 15.5. The standard InChI is InChI=1S/C15H20ClNO2/c1-19-14-8-6-12(7-9-14)15(18)17(11-10-16)13-4-2-3-5-13/h6-9,13H,2-5,10-11H2,1H3. The number of benzene rings is 1. The summed E-state index contributed by atoms with van der Waals surface area (Å²) in [5.74, 6) is 1.33. The first-order valence-corrected chi connectivity index (χ1v) is 7.30. The average molecular weight is 282 g/mol. The van der Waals surface area contributed by atoms with Gasteiger partial charge in [-0.3, -0.25) is 4.79 Å². The molecule has 0 atom stereocenters. The minimum Gasteiger partial charge on any atom is -0.497 e. The summed E-state index contributed by atoms with van der Waals surface area (Å²) in [4.78, 5) is 14.5. The fourth-order valence-corrected chi connectivity index (χ4v) is 2.84. The number of methoxy groups -OCH3 is 1. The van der Waals surface area contributed by atoms with Gasteiger partial charge in [0.15, 0.2) is 0 Å². The predicted molar refractivity (Wildman–Crippen MR) is 77.0 cm³/mol. The molecule has 0 aliphatic heterocycles. The van der Waals surface area contributed by atoms with Gasteiger partial charge in [0.2, 0.25) is 0 Å². The number of ether oxygens (including phenoxy) is 1. The zero-order chi connectivity index (χ0) is 13.7. The molecule has 0 aromatic heterocycles. The van der Waals surface area contributed by atoms with E-state index in [2.05, 4.69) is 0 Å². The topological polar surface area (TPSA) is 29.5 Å². The molecule has 0 saturated heterocycles. The number of carbonyl (C=O) groups excluding carboxylic acids is 1. The summed E-state index contributed by atoms with van der Waals surface area (Å²) < 4.78 is 5.11. The van der Waals surface area contributed by atoms with Gasteiger partial charge in [-0.05, 0) is 37.1 Å². The molecule has 0 radical (unpaired) electrons. The molecule has 0 unspecified atom stereocenters. The molecule has 1 aliphatic carbocycles. The highest BCUT2D eigenvalue weighted by Gasteiger charge is 2.26. The quantitative estimate of drug-likeness (QED) is 0.775. The van der Waals surface area contributed by atoms with E-state index < -0.39 is 0 Å². The maximum Gasteiger partial charge on any atom is 0.254 e. The largest absolute Gasteiger partial charge is 0.497 e. The number of rotatable bonds is 5. The second-order valence-electron chi connectivity index (χ2n) is 4.85. The smallest absolute Gasteiger partial charge is 0.254 e. The van der Waals surface area contributed by atoms with Crippen LogP contribution >= 0.6 is 11.6 Å². The Bertz CT molecular complexity index is 413. The first-order chi connectivity index (χ1) is 9.26. The first-order valence-electron chi connectivity index (χ1n) is 6.77. The lowest BCUT2D eigenvalue weighted by molar-refractivity contribution is 0.0695. The highest BCUT2D eigenvalue weighted by atomic mass is 35.5. The molecular formula is C15H20ClNO2. The van der Waals surface area contributed by atoms with Crippen LogP contribution in [-0.4, -0.2) is 36.4 Å². The summed E-state index contributed by atoms with van der Waals surface area (Å²) in [6.07, 6.45) is 4.61. The Balaban J connectivity index is 2.12. The van der Waals surface area contributed by atoms with Crippen molar-refractivity contribution in [3.8, 4) is 5.75 Å². The summed E-state index contributed by atoms with van der Waals surface area (Å²) in [6, 6.07) is 7.63. The van der Waals surface area contributed by atoms with Gasteiger partial charge < -0.3 is 9.64 Å². The van der Waals surface area contributed by atoms with E-state index >= 15 is 0 Å². The van der Waals surface area contributed by atoms with Crippen molar-refractivity contribution in [2.24, 2.45) is 0 Å². The third-order valence-corrected chi connectivity index (χ3v) is 3.86. The van der Waals surface area contributed by atoms with Gasteiger partial charge in [0, 0.05) is 24.0 Å². The maximum absolute atomic E-state index is 12.5. The van der Waals surface area contributed by atoms with Gasteiger partial charge in [-0.1, -0.05) is 12.8 Å². The van der Waals surface area contributed by atoms with Gasteiger partial charge in [-0.25, -0.2) is 0 Å². The molecule has 0 N–H and O–H groups in total. The SMILES string of the molecule is COc1ccc(C(=O)N(CCCl)C2CCCC2)cc1. The van der Waals surface area contributed by atoms with Crippen LogP contribution in [0.2, 0.25) is 0 Å². The number of hydrogen-bond donors (Lipinski definition) is 0. The number of alkyl halides is 1. The molecule has 1 aliphatic rings. The van der Waals surface area contributed by atoms with E-state index in [-0.39, 0.29) is 5.91 Å². The van der Waals surface area contributed by atoms with Crippen molar-refractivity contribution < 1.29 is 9.53 Å². The molecule has 1 aromatic rings. The lowest BCUT2D eigenvalue weighted by Crippen LogP contribution is -2.40. The number of nitrogens with zero attached hydrogens (tertiary/aromatic N) is 1. The van der Waals surface area contributed by atoms with Crippen LogP contribution in [0, 0.1) is 0 Å². The van der Waals surface area contributed by atoms with Crippen LogP contribution in [0.15, 0.2) is 24.3 Å². The fraction of sp³-hybridized carbons (Fsp3) is 0.533. The van der Waals surface area contributed by atoms with Crippen molar-refractivity contribution in [1.82, 2.24) is 4.90 Å². The van der Waals surface area contributed by atoms with Crippen LogP contribution < -0.4 is 4.74 Å². The summed E-state index contributed by atoms with van der Waals surface area (Å²) in [5.41, 5.74) is 0.706. The number of halogens is 1. The zero-order valence-electron chi connectivity index (χ0n) is 11.3. The summed E-state index contributed by atoms with van der Waals surface area (Å²) in [5, 5.41) is 0. The van der Waals surface area contributed by atoms with Crippen molar-refractivity contribution >= 4 is 17.5 Å². The molecule has 0 heterocycles. The van der Waals surface area contributed by atoms with E-state index in [0.29, 0.717) is 24.0 Å². The Hall–Kier alpha value is -1.22. The van der Waals surface area contributed by atoms with Crippen LogP contribution in [-0.2, 0) is 0 Å². The summed E-state index contributed by atoms with van der Waals surface area (Å²) >= 11 is 5.84. The van der Waals surface area contributed by atoms with E-state index in [9.17, 15) is 4.79 Å². The molecule has 1 fully saturated rings. The Morgan fingerprint density at radius 2 is 1.95 bits per heavy atom. The van der Waals surface area contributed by atoms with Gasteiger partial charge in [-0.15, -0.1) is 11.6 Å². The Morgan fingerprint density at radius 3 is 2.47 bits per heavy atom. The molecule has 0 bridgehead atoms. The second kappa shape index (κ2) is 6.80. The molecule has 0 spiro atoms. The molecule has 4 heteroatoms. The summed E-state index contributed by atoms with van der Waals surface area (Å²) in [6.45, 7) is 0.622. The number of carbonyl (C=O) groups is 1. The van der Waals surface area contributed by atoms with Crippen molar-refractivity contribution in [2.45, 2.75) is 31.7 Å². The van der Waals surface area contributed by atoms with Gasteiger partial charge in [0.25, 0.3) is 5.91 Å². The maximum atomic E-state index is 12.5. The van der Waals surface area contributed by atoms with Gasteiger partial charge >= 0.3 is 0 Å². The highest BCUT2D eigenvalue weighted by Crippen LogP contribution is 2.25. The Kier molecular flexibility index (Phi) is 5.08. The number of hydrogen-bond acceptors (Lipinski definition) is 2. The van der Waals surface area contributed by atoms with Crippen LogP contribution in [0.3, 0.4) is 0 Å². The van der Waals surface area contributed by atoms with Gasteiger partial charge in [-0.2, -0.15) is 0 Å². The minimum atomic E-state index is 0.0789. The van der Waals surface area contributed by atoms with Crippen molar-refractivity contribution in [3.63, 3.8) is 0 Å². The van der Waals surface area contributed by atoms with Crippen LogP contribution in [0.25, 0.3) is 0 Å². The molecular weight excluding hydrogens is 262 g/mol. The van der Waals surface area contributed by atoms with Crippen molar-refractivity contribution in [1.29, 1.82) is 0 Å². The lowest BCUT2D eigenvalue weighted by Gasteiger charge is -2.28. The molecule has 104 valence electrons. The van der Waals surface area contributed by atoms with Crippen LogP contribution in [0.4, 0.5) is 0 Å². The predicted octanol–water partition coefficient (Wildman–Crippen LogP) is 3.32. The van der Waals surface area contributed by atoms with Crippen LogP contribution in [0.1, 0.15) is 36.0 Å². The minimum absolute atomic E-state index is 0.0789. The van der Waals surface area contributed by atoms with Crippen molar-refractivity contribution in [2.75, 3.05) is 19.5 Å². The molecule has 1 aromatic carbocycles. The van der Waals surface area contributed by atoms with E-state index in [0.717, 1.165) is 18.6 Å². The fourth-order valence-electron chi connectivity index (χ4n) is 2.66. The zero-order valence-corrected chi connectivity index (χ0v) is 12.0. The second-order valence-corrected chi connectivity index (χ2v) is 5.23. The Labute approximate surface area is 119 Å².